The van der Waals surface area contributed by atoms with Crippen LogP contribution in [0.2, 0.25) is 0 Å². The Bertz CT molecular complexity index is 411. The molecule has 0 bridgehead atoms. The van der Waals surface area contributed by atoms with E-state index in [1.807, 2.05) is 0 Å². The van der Waals surface area contributed by atoms with E-state index in [1.54, 1.807) is 0 Å². The van der Waals surface area contributed by atoms with Gasteiger partial charge in [0.05, 0.1) is 11.4 Å². The number of hydrogen-bond acceptors (Lipinski definition) is 2. The van der Waals surface area contributed by atoms with E-state index in [0.29, 0.717) is 10.8 Å². The number of rotatable bonds is 0. The van der Waals surface area contributed by atoms with Gasteiger partial charge in [0.2, 0.25) is 0 Å². The monoisotopic (exact) mass is 172 g/mol. The van der Waals surface area contributed by atoms with Gasteiger partial charge in [-0.2, -0.15) is 0 Å². The SMILES string of the molecule is Nc1cc2c(cc1N)C13CCC21C3. The van der Waals surface area contributed by atoms with E-state index >= 15 is 0 Å². The zero-order chi connectivity index (χ0) is 8.84. The predicted octanol–water partition coefficient (Wildman–Crippen LogP) is 1.54. The van der Waals surface area contributed by atoms with E-state index in [1.165, 1.54) is 30.4 Å². The molecular weight excluding hydrogens is 160 g/mol. The lowest BCUT2D eigenvalue weighted by atomic mass is 9.56. The number of fused-ring (bicyclic) bond motifs is 1. The Balaban J connectivity index is 2.04. The number of benzene rings is 1. The molecule has 0 saturated heterocycles. The highest BCUT2D eigenvalue weighted by Gasteiger charge is 2.82. The summed E-state index contributed by atoms with van der Waals surface area (Å²) in [6, 6.07) is 4.21. The van der Waals surface area contributed by atoms with Crippen molar-refractivity contribution in [2.24, 2.45) is 0 Å². The van der Waals surface area contributed by atoms with Crippen LogP contribution >= 0.6 is 0 Å². The van der Waals surface area contributed by atoms with Crippen molar-refractivity contribution in [2.45, 2.75) is 30.1 Å². The first-order chi connectivity index (χ1) is 6.20. The van der Waals surface area contributed by atoms with Gasteiger partial charge in [0.15, 0.2) is 0 Å². The molecule has 2 fully saturated rings. The fourth-order valence-electron chi connectivity index (χ4n) is 3.71. The molecule has 2 unspecified atom stereocenters. The van der Waals surface area contributed by atoms with Crippen LogP contribution in [0.3, 0.4) is 0 Å². The molecular formula is C11H12N2. The number of nitrogen functional groups attached to an aromatic ring is 2. The third-order valence-corrected chi connectivity index (χ3v) is 4.63. The first kappa shape index (κ1) is 6.30. The average molecular weight is 172 g/mol. The smallest absolute Gasteiger partial charge is 0.0550 e. The van der Waals surface area contributed by atoms with Gasteiger partial charge >= 0.3 is 0 Å². The molecule has 0 aromatic heterocycles. The van der Waals surface area contributed by atoms with Crippen molar-refractivity contribution in [3.05, 3.63) is 23.3 Å². The van der Waals surface area contributed by atoms with Crippen LogP contribution in [0.4, 0.5) is 11.4 Å². The van der Waals surface area contributed by atoms with E-state index in [4.69, 9.17) is 11.5 Å². The van der Waals surface area contributed by atoms with Crippen molar-refractivity contribution < 1.29 is 0 Å². The summed E-state index contributed by atoms with van der Waals surface area (Å²) < 4.78 is 0. The lowest BCUT2D eigenvalue weighted by molar-refractivity contribution is 0.291. The fourth-order valence-corrected chi connectivity index (χ4v) is 3.71. The molecule has 1 aromatic carbocycles. The molecule has 1 aromatic rings. The standard InChI is InChI=1S/C11H12N2/c12-8-3-6-7(4-9(8)13)11-2-1-10(6,11)5-11/h3-4H,1-2,5,12-13H2. The second-order valence-electron chi connectivity index (χ2n) is 4.87. The normalized spacial score (nSPS) is 42.2. The third kappa shape index (κ3) is 0.384. The maximum atomic E-state index is 5.81. The molecule has 0 amide bonds. The first-order valence-corrected chi connectivity index (χ1v) is 4.90. The summed E-state index contributed by atoms with van der Waals surface area (Å²) in [5.41, 5.74) is 17.3. The summed E-state index contributed by atoms with van der Waals surface area (Å²) in [5.74, 6) is 0. The molecule has 3 aliphatic carbocycles. The van der Waals surface area contributed by atoms with Gasteiger partial charge in [-0.1, -0.05) is 0 Å². The van der Waals surface area contributed by atoms with Crippen molar-refractivity contribution in [1.82, 2.24) is 0 Å². The molecule has 2 saturated carbocycles. The summed E-state index contributed by atoms with van der Waals surface area (Å²) in [6.45, 7) is 0. The summed E-state index contributed by atoms with van der Waals surface area (Å²) in [7, 11) is 0. The summed E-state index contributed by atoms with van der Waals surface area (Å²) in [6.07, 6.45) is 4.13. The van der Waals surface area contributed by atoms with Gasteiger partial charge in [-0.3, -0.25) is 0 Å². The number of nitrogens with two attached hydrogens (primary N) is 2. The van der Waals surface area contributed by atoms with Gasteiger partial charge < -0.3 is 11.5 Å². The molecule has 2 atom stereocenters. The Morgan fingerprint density at radius 2 is 1.38 bits per heavy atom. The minimum Gasteiger partial charge on any atom is -0.397 e. The van der Waals surface area contributed by atoms with Crippen LogP contribution in [-0.2, 0) is 10.8 Å². The Labute approximate surface area is 76.9 Å². The van der Waals surface area contributed by atoms with Crippen molar-refractivity contribution in [3.8, 4) is 0 Å². The van der Waals surface area contributed by atoms with E-state index in [9.17, 15) is 0 Å². The summed E-state index contributed by atoms with van der Waals surface area (Å²) in [5, 5.41) is 0. The Kier molecular flexibility index (Phi) is 0.653. The number of anilines is 2. The second-order valence-corrected chi connectivity index (χ2v) is 4.87. The van der Waals surface area contributed by atoms with Gasteiger partial charge in [0.1, 0.15) is 0 Å². The Morgan fingerprint density at radius 3 is 1.77 bits per heavy atom. The Morgan fingerprint density at radius 1 is 0.923 bits per heavy atom. The molecule has 0 aliphatic heterocycles. The van der Waals surface area contributed by atoms with E-state index < -0.39 is 0 Å². The van der Waals surface area contributed by atoms with Crippen LogP contribution in [0.5, 0.6) is 0 Å². The fraction of sp³-hybridized carbons (Fsp3) is 0.455. The number of hydrogen-bond donors (Lipinski definition) is 2. The molecule has 0 radical (unpaired) electrons. The van der Waals surface area contributed by atoms with Gasteiger partial charge in [0, 0.05) is 10.8 Å². The molecule has 66 valence electrons. The molecule has 4 N–H and O–H groups in total. The predicted molar refractivity (Wildman–Crippen MR) is 52.5 cm³/mol. The van der Waals surface area contributed by atoms with Crippen molar-refractivity contribution >= 4 is 11.4 Å². The zero-order valence-electron chi connectivity index (χ0n) is 7.43. The highest BCUT2D eigenvalue weighted by atomic mass is 14.9. The maximum Gasteiger partial charge on any atom is 0.0550 e. The minimum atomic E-state index is 0.587. The third-order valence-electron chi connectivity index (χ3n) is 4.63. The van der Waals surface area contributed by atoms with E-state index in [2.05, 4.69) is 12.1 Å². The zero-order valence-corrected chi connectivity index (χ0v) is 7.43. The molecule has 4 rings (SSSR count). The maximum absolute atomic E-state index is 5.81. The van der Waals surface area contributed by atoms with Gasteiger partial charge in [-0.15, -0.1) is 0 Å². The average Bonchev–Trinajstić information content (AvgIpc) is 2.48. The lowest BCUT2D eigenvalue weighted by Gasteiger charge is -2.47. The van der Waals surface area contributed by atoms with Crippen LogP contribution in [0.1, 0.15) is 30.4 Å². The highest BCUT2D eigenvalue weighted by Crippen LogP contribution is 2.86. The Hall–Kier alpha value is -1.18. The quantitative estimate of drug-likeness (QED) is 0.583. The molecule has 2 heteroatoms. The topological polar surface area (TPSA) is 52.0 Å². The van der Waals surface area contributed by atoms with Crippen LogP contribution in [-0.4, -0.2) is 0 Å². The molecule has 2 nitrogen and oxygen atoms in total. The van der Waals surface area contributed by atoms with E-state index in [-0.39, 0.29) is 0 Å². The molecule has 0 spiro atoms. The summed E-state index contributed by atoms with van der Waals surface area (Å²) >= 11 is 0. The van der Waals surface area contributed by atoms with Crippen molar-refractivity contribution in [1.29, 1.82) is 0 Å². The summed E-state index contributed by atoms with van der Waals surface area (Å²) in [4.78, 5) is 0. The van der Waals surface area contributed by atoms with Gasteiger partial charge in [-0.05, 0) is 42.5 Å². The minimum absolute atomic E-state index is 0.587. The highest BCUT2D eigenvalue weighted by molar-refractivity contribution is 5.77. The van der Waals surface area contributed by atoms with Crippen molar-refractivity contribution in [2.75, 3.05) is 11.5 Å². The van der Waals surface area contributed by atoms with Crippen LogP contribution in [0.25, 0.3) is 0 Å². The van der Waals surface area contributed by atoms with Gasteiger partial charge in [0.25, 0.3) is 0 Å². The largest absolute Gasteiger partial charge is 0.397 e. The van der Waals surface area contributed by atoms with Crippen molar-refractivity contribution in [3.63, 3.8) is 0 Å². The molecule has 0 heterocycles. The first-order valence-electron chi connectivity index (χ1n) is 4.90. The van der Waals surface area contributed by atoms with Crippen LogP contribution < -0.4 is 11.5 Å². The van der Waals surface area contributed by atoms with Crippen LogP contribution in [0, 0.1) is 0 Å². The molecule has 3 aliphatic rings. The molecule has 13 heavy (non-hydrogen) atoms. The lowest BCUT2D eigenvalue weighted by Crippen LogP contribution is -2.43. The van der Waals surface area contributed by atoms with E-state index in [0.717, 1.165) is 11.4 Å². The van der Waals surface area contributed by atoms with Gasteiger partial charge in [-0.25, -0.2) is 0 Å². The van der Waals surface area contributed by atoms with Crippen LogP contribution in [0.15, 0.2) is 12.1 Å². The second kappa shape index (κ2) is 1.35.